The van der Waals surface area contributed by atoms with Crippen molar-refractivity contribution < 1.29 is 12.8 Å². The van der Waals surface area contributed by atoms with E-state index < -0.39 is 10.0 Å². The van der Waals surface area contributed by atoms with E-state index in [2.05, 4.69) is 32.9 Å². The summed E-state index contributed by atoms with van der Waals surface area (Å²) in [7, 11) is -3.50. The van der Waals surface area contributed by atoms with E-state index in [1.54, 1.807) is 6.07 Å². The van der Waals surface area contributed by atoms with E-state index >= 15 is 0 Å². The van der Waals surface area contributed by atoms with Crippen molar-refractivity contribution in [2.24, 2.45) is 0 Å². The highest BCUT2D eigenvalue weighted by Crippen LogP contribution is 2.27. The Morgan fingerprint density at radius 1 is 1.33 bits per heavy atom. The Balaban J connectivity index is 1.88. The van der Waals surface area contributed by atoms with Crippen LogP contribution in [0.5, 0.6) is 0 Å². The molecule has 0 atom stereocenters. The summed E-state index contributed by atoms with van der Waals surface area (Å²) in [4.78, 5) is 0.186. The van der Waals surface area contributed by atoms with Crippen LogP contribution in [0.4, 0.5) is 0 Å². The normalized spacial score (nSPS) is 15.5. The van der Waals surface area contributed by atoms with Crippen molar-refractivity contribution in [3.05, 3.63) is 16.5 Å². The van der Waals surface area contributed by atoms with Gasteiger partial charge >= 0.3 is 0 Å². The van der Waals surface area contributed by atoms with Crippen LogP contribution in [0.2, 0.25) is 0 Å². The predicted molar refractivity (Wildman–Crippen MR) is 85.6 cm³/mol. The van der Waals surface area contributed by atoms with Gasteiger partial charge in [0.15, 0.2) is 4.67 Å². The van der Waals surface area contributed by atoms with Gasteiger partial charge in [0.05, 0.1) is 6.54 Å². The molecule has 0 radical (unpaired) electrons. The van der Waals surface area contributed by atoms with E-state index in [0.717, 1.165) is 25.7 Å². The van der Waals surface area contributed by atoms with Crippen molar-refractivity contribution in [2.75, 3.05) is 6.54 Å². The first kappa shape index (κ1) is 17.0. The lowest BCUT2D eigenvalue weighted by atomic mass is 10.2. The summed E-state index contributed by atoms with van der Waals surface area (Å²) < 4.78 is 32.8. The van der Waals surface area contributed by atoms with E-state index in [9.17, 15) is 8.42 Å². The molecule has 1 aliphatic rings. The van der Waals surface area contributed by atoms with E-state index in [1.807, 2.05) is 0 Å². The fraction of sp³-hybridized carbons (Fsp3) is 0.714. The van der Waals surface area contributed by atoms with Crippen LogP contribution in [0.15, 0.2) is 20.0 Å². The van der Waals surface area contributed by atoms with Crippen molar-refractivity contribution in [3.8, 4) is 0 Å². The van der Waals surface area contributed by atoms with E-state index in [0.29, 0.717) is 24.9 Å². The highest BCUT2D eigenvalue weighted by Gasteiger charge is 2.24. The second kappa shape index (κ2) is 7.76. The number of nitrogens with one attached hydrogen (secondary N) is 2. The Hall–Kier alpha value is -0.370. The van der Waals surface area contributed by atoms with Crippen molar-refractivity contribution in [1.29, 1.82) is 0 Å². The molecule has 2 rings (SSSR count). The van der Waals surface area contributed by atoms with Crippen LogP contribution in [0.25, 0.3) is 0 Å². The minimum Gasteiger partial charge on any atom is -0.452 e. The third-order valence-electron chi connectivity index (χ3n) is 3.46. The fourth-order valence-corrected chi connectivity index (χ4v) is 4.11. The van der Waals surface area contributed by atoms with Crippen LogP contribution >= 0.6 is 15.9 Å². The molecule has 1 heterocycles. The van der Waals surface area contributed by atoms with Gasteiger partial charge in [0.25, 0.3) is 0 Å². The Labute approximate surface area is 135 Å². The summed E-state index contributed by atoms with van der Waals surface area (Å²) in [5.74, 6) is 0.639. The molecule has 1 aliphatic carbocycles. The number of hydrogen-bond donors (Lipinski definition) is 2. The van der Waals surface area contributed by atoms with Gasteiger partial charge < -0.3 is 9.73 Å². The molecule has 0 amide bonds. The molecule has 0 aromatic carbocycles. The predicted octanol–water partition coefficient (Wildman–Crippen LogP) is 3.15. The van der Waals surface area contributed by atoms with Gasteiger partial charge in [0.2, 0.25) is 10.0 Å². The van der Waals surface area contributed by atoms with Gasteiger partial charge in [-0.05, 0) is 35.2 Å². The minimum atomic E-state index is -3.50. The molecule has 0 unspecified atom stereocenters. The maximum Gasteiger partial charge on any atom is 0.244 e. The summed E-state index contributed by atoms with van der Waals surface area (Å²) in [5, 5.41) is 3.30. The van der Waals surface area contributed by atoms with Crippen LogP contribution in [-0.2, 0) is 16.6 Å². The lowest BCUT2D eigenvalue weighted by Crippen LogP contribution is -2.24. The van der Waals surface area contributed by atoms with Gasteiger partial charge in [-0.2, -0.15) is 0 Å². The molecular weight excluding hydrogens is 356 g/mol. The molecule has 1 aromatic heterocycles. The molecule has 0 saturated heterocycles. The summed E-state index contributed by atoms with van der Waals surface area (Å²) in [6.45, 7) is 3.16. The molecule has 120 valence electrons. The quantitative estimate of drug-likeness (QED) is 0.613. The number of hydrogen-bond acceptors (Lipinski definition) is 4. The average molecular weight is 379 g/mol. The average Bonchev–Trinajstić information content (AvgIpc) is 3.18. The van der Waals surface area contributed by atoms with E-state index in [-0.39, 0.29) is 9.56 Å². The summed E-state index contributed by atoms with van der Waals surface area (Å²) in [5.41, 5.74) is 0. The van der Waals surface area contributed by atoms with Crippen molar-refractivity contribution in [2.45, 2.75) is 62.9 Å². The van der Waals surface area contributed by atoms with Crippen LogP contribution in [-0.4, -0.2) is 21.0 Å². The molecule has 0 spiro atoms. The first-order chi connectivity index (χ1) is 10.0. The lowest BCUT2D eigenvalue weighted by molar-refractivity contribution is 0.460. The Morgan fingerprint density at radius 3 is 2.76 bits per heavy atom. The van der Waals surface area contributed by atoms with Gasteiger partial charge in [-0.1, -0.05) is 26.2 Å². The van der Waals surface area contributed by atoms with Gasteiger partial charge in [-0.3, -0.25) is 0 Å². The largest absolute Gasteiger partial charge is 0.452 e. The summed E-state index contributed by atoms with van der Waals surface area (Å²) >= 11 is 3.20. The molecule has 2 N–H and O–H groups in total. The van der Waals surface area contributed by atoms with E-state index in [4.69, 9.17) is 4.42 Å². The second-order valence-corrected chi connectivity index (χ2v) is 7.92. The van der Waals surface area contributed by atoms with Gasteiger partial charge in [0.1, 0.15) is 10.7 Å². The standard InChI is InChI=1S/C14H23BrN2O3S/c1-2-3-4-5-8-17-21(18,19)13-9-12(20-14(13)15)10-16-11-6-7-11/h9,11,16-17H,2-8,10H2,1H3. The maximum absolute atomic E-state index is 12.2. The van der Waals surface area contributed by atoms with Crippen LogP contribution in [0.1, 0.15) is 51.2 Å². The lowest BCUT2D eigenvalue weighted by Gasteiger charge is -2.04. The van der Waals surface area contributed by atoms with Gasteiger partial charge in [-0.25, -0.2) is 13.1 Å². The zero-order valence-electron chi connectivity index (χ0n) is 12.3. The smallest absolute Gasteiger partial charge is 0.244 e. The number of halogens is 1. The van der Waals surface area contributed by atoms with Gasteiger partial charge in [0, 0.05) is 18.7 Å². The SMILES string of the molecule is CCCCCCNS(=O)(=O)c1cc(CNC2CC2)oc1Br. The zero-order valence-corrected chi connectivity index (χ0v) is 14.7. The molecular formula is C14H23BrN2O3S. The molecule has 1 aromatic rings. The third-order valence-corrected chi connectivity index (χ3v) is 5.78. The fourth-order valence-electron chi connectivity index (χ4n) is 2.04. The summed E-state index contributed by atoms with van der Waals surface area (Å²) in [6.07, 6.45) is 6.55. The highest BCUT2D eigenvalue weighted by atomic mass is 79.9. The summed E-state index contributed by atoms with van der Waals surface area (Å²) in [6, 6.07) is 2.15. The monoisotopic (exact) mass is 378 g/mol. The van der Waals surface area contributed by atoms with E-state index in [1.165, 1.54) is 12.8 Å². The Kier molecular flexibility index (Phi) is 6.28. The number of unbranched alkanes of at least 4 members (excludes halogenated alkanes) is 3. The third kappa shape index (κ3) is 5.39. The number of sulfonamides is 1. The number of furan rings is 1. The number of rotatable bonds is 10. The highest BCUT2D eigenvalue weighted by molar-refractivity contribution is 9.10. The first-order valence-electron chi connectivity index (χ1n) is 7.54. The minimum absolute atomic E-state index is 0.186. The van der Waals surface area contributed by atoms with Gasteiger partial charge in [-0.15, -0.1) is 0 Å². The van der Waals surface area contributed by atoms with Crippen molar-refractivity contribution >= 4 is 26.0 Å². The topological polar surface area (TPSA) is 71.3 Å². The Morgan fingerprint density at radius 2 is 2.10 bits per heavy atom. The Bertz CT molecular complexity index is 553. The molecule has 1 fully saturated rings. The van der Waals surface area contributed by atoms with Crippen molar-refractivity contribution in [3.63, 3.8) is 0 Å². The molecule has 7 heteroatoms. The maximum atomic E-state index is 12.2. The van der Waals surface area contributed by atoms with Crippen LogP contribution in [0.3, 0.4) is 0 Å². The zero-order chi connectivity index (χ0) is 15.3. The molecule has 21 heavy (non-hydrogen) atoms. The van der Waals surface area contributed by atoms with Crippen LogP contribution in [0, 0.1) is 0 Å². The molecule has 0 bridgehead atoms. The first-order valence-corrected chi connectivity index (χ1v) is 9.82. The second-order valence-electron chi connectivity index (χ2n) is 5.46. The van der Waals surface area contributed by atoms with Crippen LogP contribution < -0.4 is 10.0 Å². The molecule has 5 nitrogen and oxygen atoms in total. The molecule has 0 aliphatic heterocycles. The molecule has 1 saturated carbocycles. The van der Waals surface area contributed by atoms with Crippen molar-refractivity contribution in [1.82, 2.24) is 10.0 Å².